The molecule has 3 amide bonds. The van der Waals surface area contributed by atoms with E-state index in [4.69, 9.17) is 0 Å². The van der Waals surface area contributed by atoms with Crippen LogP contribution in [-0.4, -0.2) is 28.7 Å². The number of aromatic amines is 1. The highest BCUT2D eigenvalue weighted by Gasteiger charge is 2.30. The van der Waals surface area contributed by atoms with Gasteiger partial charge in [0.15, 0.2) is 0 Å². The molecule has 0 bridgehead atoms. The third-order valence-corrected chi connectivity index (χ3v) is 1.59. The van der Waals surface area contributed by atoms with Gasteiger partial charge in [-0.25, -0.2) is 9.69 Å². The Morgan fingerprint density at radius 3 is 2.83 bits per heavy atom. The first kappa shape index (κ1) is 6.84. The van der Waals surface area contributed by atoms with E-state index in [2.05, 4.69) is 15.5 Å². The number of carbonyl (C=O) groups excluding carboxylic acids is 2. The second kappa shape index (κ2) is 2.33. The van der Waals surface area contributed by atoms with Crippen molar-refractivity contribution in [2.45, 2.75) is 0 Å². The first-order valence-electron chi connectivity index (χ1n) is 3.38. The lowest BCUT2D eigenvalue weighted by Gasteiger charge is -2.07. The Bertz CT molecular complexity index is 302. The SMILES string of the molecule is O=C1CNC(=O)N1c1cn[nH]c1. The van der Waals surface area contributed by atoms with Crippen LogP contribution in [0.2, 0.25) is 0 Å². The number of nitrogens with one attached hydrogen (secondary N) is 2. The van der Waals surface area contributed by atoms with Crippen molar-refractivity contribution in [1.29, 1.82) is 0 Å². The standard InChI is InChI=1S/C6H6N4O2/c11-5-3-7-6(12)10(5)4-1-8-9-2-4/h1-2H,3H2,(H,7,12)(H,8,9). The highest BCUT2D eigenvalue weighted by molar-refractivity contribution is 6.19. The zero-order valence-electron chi connectivity index (χ0n) is 6.07. The van der Waals surface area contributed by atoms with Crippen LogP contribution in [0.1, 0.15) is 0 Å². The summed E-state index contributed by atoms with van der Waals surface area (Å²) >= 11 is 0. The minimum atomic E-state index is -0.401. The maximum absolute atomic E-state index is 11.1. The minimum absolute atomic E-state index is 0.0595. The topological polar surface area (TPSA) is 78.1 Å². The first-order chi connectivity index (χ1) is 5.79. The fourth-order valence-electron chi connectivity index (χ4n) is 1.05. The number of carbonyl (C=O) groups is 2. The average Bonchev–Trinajstić information content (AvgIpc) is 2.61. The number of urea groups is 1. The van der Waals surface area contributed by atoms with Gasteiger partial charge in [-0.2, -0.15) is 5.10 Å². The van der Waals surface area contributed by atoms with Crippen molar-refractivity contribution in [1.82, 2.24) is 15.5 Å². The number of nitrogens with zero attached hydrogens (tertiary/aromatic N) is 2. The van der Waals surface area contributed by atoms with Gasteiger partial charge < -0.3 is 5.32 Å². The lowest BCUT2D eigenvalue weighted by molar-refractivity contribution is -0.115. The lowest BCUT2D eigenvalue weighted by atomic mass is 10.5. The van der Waals surface area contributed by atoms with E-state index in [0.717, 1.165) is 4.90 Å². The molecule has 0 spiro atoms. The van der Waals surface area contributed by atoms with Gasteiger partial charge in [0, 0.05) is 6.20 Å². The Hall–Kier alpha value is -1.85. The van der Waals surface area contributed by atoms with Crippen LogP contribution in [0.15, 0.2) is 12.4 Å². The molecule has 1 aromatic rings. The molecule has 2 N–H and O–H groups in total. The maximum Gasteiger partial charge on any atom is 0.329 e. The van der Waals surface area contributed by atoms with Crippen molar-refractivity contribution in [2.24, 2.45) is 0 Å². The van der Waals surface area contributed by atoms with Crippen LogP contribution in [0, 0.1) is 0 Å². The summed E-state index contributed by atoms with van der Waals surface area (Å²) in [6, 6.07) is -0.401. The zero-order chi connectivity index (χ0) is 8.55. The molecule has 1 fully saturated rings. The normalized spacial score (nSPS) is 16.8. The summed E-state index contributed by atoms with van der Waals surface area (Å²) in [4.78, 5) is 23.2. The van der Waals surface area contributed by atoms with E-state index < -0.39 is 6.03 Å². The molecule has 0 aromatic carbocycles. The molecule has 12 heavy (non-hydrogen) atoms. The summed E-state index contributed by atoms with van der Waals surface area (Å²) < 4.78 is 0. The predicted octanol–water partition coefficient (Wildman–Crippen LogP) is -0.534. The third kappa shape index (κ3) is 0.849. The van der Waals surface area contributed by atoms with Gasteiger partial charge in [0.05, 0.1) is 18.4 Å². The maximum atomic E-state index is 11.1. The van der Waals surface area contributed by atoms with Crippen LogP contribution in [0.3, 0.4) is 0 Å². The minimum Gasteiger partial charge on any atom is -0.328 e. The predicted molar refractivity (Wildman–Crippen MR) is 39.5 cm³/mol. The summed E-state index contributed by atoms with van der Waals surface area (Å²) in [6.45, 7) is 0.0595. The highest BCUT2D eigenvalue weighted by atomic mass is 16.2. The molecule has 2 rings (SSSR count). The molecule has 6 nitrogen and oxygen atoms in total. The Morgan fingerprint density at radius 1 is 1.50 bits per heavy atom. The van der Waals surface area contributed by atoms with Crippen LogP contribution in [-0.2, 0) is 4.79 Å². The van der Waals surface area contributed by atoms with Crippen molar-refractivity contribution < 1.29 is 9.59 Å². The summed E-state index contributed by atoms with van der Waals surface area (Å²) in [6.07, 6.45) is 2.91. The molecular weight excluding hydrogens is 160 g/mol. The molecule has 1 saturated heterocycles. The van der Waals surface area contributed by atoms with Crippen molar-refractivity contribution in [2.75, 3.05) is 11.4 Å². The van der Waals surface area contributed by atoms with E-state index in [0.29, 0.717) is 5.69 Å². The molecule has 6 heteroatoms. The smallest absolute Gasteiger partial charge is 0.328 e. The average molecular weight is 166 g/mol. The number of imide groups is 1. The molecule has 0 aliphatic carbocycles. The number of rotatable bonds is 1. The molecule has 0 saturated carbocycles. The Kier molecular flexibility index (Phi) is 1.33. The summed E-state index contributed by atoms with van der Waals surface area (Å²) in [5, 5.41) is 8.56. The van der Waals surface area contributed by atoms with Crippen LogP contribution >= 0.6 is 0 Å². The quantitative estimate of drug-likeness (QED) is 0.550. The largest absolute Gasteiger partial charge is 0.329 e. The van der Waals surface area contributed by atoms with E-state index in [1.54, 1.807) is 0 Å². The monoisotopic (exact) mass is 166 g/mol. The molecule has 0 atom stereocenters. The Morgan fingerprint density at radius 2 is 2.33 bits per heavy atom. The number of hydrogen-bond acceptors (Lipinski definition) is 3. The van der Waals surface area contributed by atoms with Gasteiger partial charge in [-0.15, -0.1) is 0 Å². The van der Waals surface area contributed by atoms with E-state index in [-0.39, 0.29) is 12.5 Å². The van der Waals surface area contributed by atoms with Crippen molar-refractivity contribution in [3.05, 3.63) is 12.4 Å². The number of anilines is 1. The second-order valence-corrected chi connectivity index (χ2v) is 2.34. The molecule has 62 valence electrons. The van der Waals surface area contributed by atoms with Crippen LogP contribution in [0.4, 0.5) is 10.5 Å². The molecule has 2 heterocycles. The van der Waals surface area contributed by atoms with Crippen molar-refractivity contribution in [3.63, 3.8) is 0 Å². The third-order valence-electron chi connectivity index (χ3n) is 1.59. The fourth-order valence-corrected chi connectivity index (χ4v) is 1.05. The van der Waals surface area contributed by atoms with Crippen LogP contribution in [0.25, 0.3) is 0 Å². The molecule has 1 aliphatic rings. The number of hydrogen-bond donors (Lipinski definition) is 2. The number of H-pyrrole nitrogens is 1. The number of amides is 3. The second-order valence-electron chi connectivity index (χ2n) is 2.34. The lowest BCUT2D eigenvalue weighted by Crippen LogP contribution is -2.30. The Labute approximate surface area is 67.6 Å². The van der Waals surface area contributed by atoms with Gasteiger partial charge >= 0.3 is 6.03 Å². The molecule has 0 radical (unpaired) electrons. The zero-order valence-corrected chi connectivity index (χ0v) is 6.07. The molecule has 0 unspecified atom stereocenters. The van der Waals surface area contributed by atoms with E-state index in [1.165, 1.54) is 12.4 Å². The summed E-state index contributed by atoms with van der Waals surface area (Å²) in [5.41, 5.74) is 0.468. The first-order valence-corrected chi connectivity index (χ1v) is 3.38. The van der Waals surface area contributed by atoms with E-state index in [9.17, 15) is 9.59 Å². The van der Waals surface area contributed by atoms with Crippen molar-refractivity contribution in [3.8, 4) is 0 Å². The van der Waals surface area contributed by atoms with Gasteiger partial charge in [-0.3, -0.25) is 9.89 Å². The molecule has 1 aromatic heterocycles. The highest BCUT2D eigenvalue weighted by Crippen LogP contribution is 2.13. The van der Waals surface area contributed by atoms with E-state index >= 15 is 0 Å². The Balaban J connectivity index is 2.34. The van der Waals surface area contributed by atoms with Gasteiger partial charge in [-0.1, -0.05) is 0 Å². The van der Waals surface area contributed by atoms with Crippen LogP contribution in [0.5, 0.6) is 0 Å². The molecule has 1 aliphatic heterocycles. The summed E-state index contributed by atoms with van der Waals surface area (Å²) in [7, 11) is 0. The van der Waals surface area contributed by atoms with Gasteiger partial charge in [0.2, 0.25) is 0 Å². The van der Waals surface area contributed by atoms with Gasteiger partial charge in [0.25, 0.3) is 5.91 Å². The number of aromatic nitrogens is 2. The molecular formula is C6H6N4O2. The van der Waals surface area contributed by atoms with Crippen LogP contribution < -0.4 is 10.2 Å². The van der Waals surface area contributed by atoms with E-state index in [1.807, 2.05) is 0 Å². The fraction of sp³-hybridized carbons (Fsp3) is 0.167. The van der Waals surface area contributed by atoms with Crippen molar-refractivity contribution >= 4 is 17.6 Å². The summed E-state index contributed by atoms with van der Waals surface area (Å²) in [5.74, 6) is -0.263. The van der Waals surface area contributed by atoms with Gasteiger partial charge in [-0.05, 0) is 0 Å². The van der Waals surface area contributed by atoms with Gasteiger partial charge in [0.1, 0.15) is 0 Å².